The van der Waals surface area contributed by atoms with Crippen LogP contribution < -0.4 is 10.4 Å². The van der Waals surface area contributed by atoms with Crippen LogP contribution in [0.1, 0.15) is 13.8 Å². The number of hydrogen-bond donors (Lipinski definition) is 1. The Morgan fingerprint density at radius 1 is 1.56 bits per heavy atom. The number of amides is 1. The van der Waals surface area contributed by atoms with Gasteiger partial charge in [-0.3, -0.25) is 4.79 Å². The second-order valence-corrected chi connectivity index (χ2v) is 5.24. The predicted octanol–water partition coefficient (Wildman–Crippen LogP) is -0.500. The van der Waals surface area contributed by atoms with Crippen LogP contribution in [-0.4, -0.2) is 17.6 Å². The lowest BCUT2D eigenvalue weighted by atomic mass is 9.72. The van der Waals surface area contributed by atoms with E-state index >= 15 is 0 Å². The molecule has 0 radical (unpaired) electrons. The van der Waals surface area contributed by atoms with Crippen molar-refractivity contribution in [1.82, 2.24) is 5.32 Å². The van der Waals surface area contributed by atoms with Gasteiger partial charge in [0.2, 0.25) is 5.91 Å². The second-order valence-electron chi connectivity index (χ2n) is 4.25. The van der Waals surface area contributed by atoms with Crippen molar-refractivity contribution in [3.05, 3.63) is 10.6 Å². The minimum atomic E-state index is -1.29. The minimum absolute atomic E-state index is 0.184. The molecule has 0 aromatic carbocycles. The highest BCUT2D eigenvalue weighted by Gasteiger charge is 2.44. The lowest BCUT2D eigenvalue weighted by molar-refractivity contribution is -0.301. The Kier molecular flexibility index (Phi) is 4.00. The van der Waals surface area contributed by atoms with E-state index in [9.17, 15) is 14.7 Å². The van der Waals surface area contributed by atoms with E-state index in [0.29, 0.717) is 0 Å². The molecule has 1 rings (SSSR count). The molecule has 7 heteroatoms. The van der Waals surface area contributed by atoms with E-state index in [1.54, 1.807) is 13.8 Å². The van der Waals surface area contributed by atoms with Crippen LogP contribution in [0.25, 0.3) is 0 Å². The van der Waals surface area contributed by atoms with Gasteiger partial charge in [-0.05, 0) is 0 Å². The molecule has 1 aliphatic heterocycles. The van der Waals surface area contributed by atoms with Gasteiger partial charge in [-0.25, -0.2) is 0 Å². The molecule has 1 aliphatic rings. The molecule has 0 aliphatic carbocycles. The highest BCUT2D eigenvalue weighted by atomic mass is 32.2. The van der Waals surface area contributed by atoms with Gasteiger partial charge in [-0.2, -0.15) is 10.5 Å². The van der Waals surface area contributed by atoms with Gasteiger partial charge in [0.1, 0.15) is 5.92 Å². The predicted molar refractivity (Wildman–Crippen MR) is 61.1 cm³/mol. The number of carbonyl (C=O) groups is 2. The molecule has 6 nitrogen and oxygen atoms in total. The Bertz CT molecular complexity index is 511. The number of nitriles is 2. The maximum absolute atomic E-state index is 11.7. The number of hydrogen-bond acceptors (Lipinski definition) is 6. The average molecular weight is 264 g/mol. The normalized spacial score (nSPS) is 21.8. The Balaban J connectivity index is 3.18. The fraction of sp³-hybridized carbons (Fsp3) is 0.455. The first-order valence-electron chi connectivity index (χ1n) is 5.02. The van der Waals surface area contributed by atoms with Crippen molar-refractivity contribution in [2.75, 3.05) is 5.75 Å². The van der Waals surface area contributed by atoms with Crippen LogP contribution in [0, 0.1) is 34.0 Å². The molecular formula is C11H10N3O3S-. The van der Waals surface area contributed by atoms with Gasteiger partial charge in [0, 0.05) is 11.2 Å². The summed E-state index contributed by atoms with van der Waals surface area (Å²) in [5.74, 6) is -3.16. The number of rotatable bonds is 3. The number of carboxylic acid groups (broad SMARTS) is 1. The summed E-state index contributed by atoms with van der Waals surface area (Å²) in [5, 5.41) is 31.1. The largest absolute Gasteiger partial charge is 0.549 e. The van der Waals surface area contributed by atoms with Crippen LogP contribution in [0.3, 0.4) is 0 Å². The van der Waals surface area contributed by atoms with Crippen molar-refractivity contribution in [2.24, 2.45) is 11.3 Å². The molecule has 0 bridgehead atoms. The SMILES string of the molecule is CC1(C)C(C#N)=C(SCC(=O)[O-])NC(=O)[C@H]1C#N. The first kappa shape index (κ1) is 14.1. The molecule has 1 amide bonds. The van der Waals surface area contributed by atoms with E-state index in [1.165, 1.54) is 0 Å². The van der Waals surface area contributed by atoms with Crippen molar-refractivity contribution in [3.63, 3.8) is 0 Å². The first-order valence-corrected chi connectivity index (χ1v) is 6.01. The van der Waals surface area contributed by atoms with Crippen LogP contribution in [0.5, 0.6) is 0 Å². The molecule has 18 heavy (non-hydrogen) atoms. The molecule has 0 saturated heterocycles. The number of thioether (sulfide) groups is 1. The standard InChI is InChI=1S/C11H11N3O3S/c1-11(2)6(3-12)9(17)14-10(7(11)4-13)18-5-8(15)16/h6H,5H2,1-2H3,(H,14,17)(H,15,16)/p-1/t6-/m1/s1. The molecule has 0 saturated carbocycles. The third-order valence-corrected chi connectivity index (χ3v) is 3.64. The molecule has 1 heterocycles. The van der Waals surface area contributed by atoms with Crippen molar-refractivity contribution < 1.29 is 14.7 Å². The molecule has 1 atom stereocenters. The van der Waals surface area contributed by atoms with Crippen LogP contribution in [0.15, 0.2) is 10.6 Å². The zero-order valence-electron chi connectivity index (χ0n) is 9.81. The van der Waals surface area contributed by atoms with Crippen LogP contribution in [0.4, 0.5) is 0 Å². The van der Waals surface area contributed by atoms with Crippen molar-refractivity contribution in [1.29, 1.82) is 10.5 Å². The van der Waals surface area contributed by atoms with E-state index < -0.39 is 23.2 Å². The van der Waals surface area contributed by atoms with Crippen molar-refractivity contribution in [3.8, 4) is 12.1 Å². The summed E-state index contributed by atoms with van der Waals surface area (Å²) in [7, 11) is 0. The van der Waals surface area contributed by atoms with E-state index in [4.69, 9.17) is 10.5 Å². The maximum Gasteiger partial charge on any atom is 0.243 e. The summed E-state index contributed by atoms with van der Waals surface area (Å²) >= 11 is 0.810. The van der Waals surface area contributed by atoms with Crippen LogP contribution in [-0.2, 0) is 9.59 Å². The number of nitrogens with zero attached hydrogens (tertiary/aromatic N) is 2. The molecule has 0 spiro atoms. The van der Waals surface area contributed by atoms with Crippen molar-refractivity contribution >= 4 is 23.6 Å². The summed E-state index contributed by atoms with van der Waals surface area (Å²) in [5.41, 5.74) is -0.736. The summed E-state index contributed by atoms with van der Waals surface area (Å²) < 4.78 is 0. The number of nitrogens with one attached hydrogen (secondary N) is 1. The number of aliphatic carboxylic acids is 1. The lowest BCUT2D eigenvalue weighted by Gasteiger charge is -2.34. The fourth-order valence-electron chi connectivity index (χ4n) is 1.67. The van der Waals surface area contributed by atoms with E-state index in [0.717, 1.165) is 11.8 Å². The topological polar surface area (TPSA) is 117 Å². The van der Waals surface area contributed by atoms with E-state index in [1.807, 2.05) is 12.1 Å². The second kappa shape index (κ2) is 5.11. The molecule has 0 aromatic rings. The van der Waals surface area contributed by atoms with Gasteiger partial charge in [0.25, 0.3) is 0 Å². The highest BCUT2D eigenvalue weighted by Crippen LogP contribution is 2.41. The quantitative estimate of drug-likeness (QED) is 0.734. The van der Waals surface area contributed by atoms with Gasteiger partial charge in [0.05, 0.1) is 28.7 Å². The monoisotopic (exact) mass is 264 g/mol. The molecule has 0 aromatic heterocycles. The molecule has 1 N–H and O–H groups in total. The van der Waals surface area contributed by atoms with E-state index in [-0.39, 0.29) is 16.4 Å². The minimum Gasteiger partial charge on any atom is -0.549 e. The van der Waals surface area contributed by atoms with E-state index in [2.05, 4.69) is 5.32 Å². The zero-order valence-corrected chi connectivity index (χ0v) is 10.6. The molecule has 0 unspecified atom stereocenters. The average Bonchev–Trinajstić information content (AvgIpc) is 2.25. The third kappa shape index (κ3) is 2.47. The fourth-order valence-corrected chi connectivity index (χ4v) is 2.55. The molecule has 0 fully saturated rings. The summed E-state index contributed by atoms with van der Waals surface area (Å²) in [6, 6.07) is 3.79. The number of carboxylic acids is 1. The van der Waals surface area contributed by atoms with Gasteiger partial charge in [0.15, 0.2) is 0 Å². The zero-order chi connectivity index (χ0) is 13.9. The van der Waals surface area contributed by atoms with Crippen LogP contribution in [0.2, 0.25) is 0 Å². The van der Waals surface area contributed by atoms with Gasteiger partial charge in [-0.15, -0.1) is 11.8 Å². The first-order chi connectivity index (χ1) is 8.34. The number of carbonyl (C=O) groups excluding carboxylic acids is 2. The van der Waals surface area contributed by atoms with Gasteiger partial charge < -0.3 is 15.2 Å². The van der Waals surface area contributed by atoms with Gasteiger partial charge in [-0.1, -0.05) is 13.8 Å². The Morgan fingerprint density at radius 2 is 2.17 bits per heavy atom. The molecular weight excluding hydrogens is 254 g/mol. The van der Waals surface area contributed by atoms with Crippen LogP contribution >= 0.6 is 11.8 Å². The molecule has 94 valence electrons. The van der Waals surface area contributed by atoms with Crippen molar-refractivity contribution in [2.45, 2.75) is 13.8 Å². The van der Waals surface area contributed by atoms with Gasteiger partial charge >= 0.3 is 0 Å². The Labute approximate surface area is 108 Å². The summed E-state index contributed by atoms with van der Waals surface area (Å²) in [4.78, 5) is 22.1. The Hall–Kier alpha value is -1.99. The smallest absolute Gasteiger partial charge is 0.243 e. The summed E-state index contributed by atoms with van der Waals surface area (Å²) in [6.07, 6.45) is 0. The lowest BCUT2D eigenvalue weighted by Crippen LogP contribution is -2.44. The Morgan fingerprint density at radius 3 is 2.61 bits per heavy atom. The summed E-state index contributed by atoms with van der Waals surface area (Å²) in [6.45, 7) is 3.22. The maximum atomic E-state index is 11.7. The third-order valence-electron chi connectivity index (χ3n) is 2.67. The number of allylic oxidation sites excluding steroid dienone is 1. The highest BCUT2D eigenvalue weighted by molar-refractivity contribution is 8.03.